The summed E-state index contributed by atoms with van der Waals surface area (Å²) in [5.41, 5.74) is 0.634. The molecule has 0 unspecified atom stereocenters. The van der Waals surface area contributed by atoms with Crippen molar-refractivity contribution >= 4 is 17.5 Å². The van der Waals surface area contributed by atoms with Crippen molar-refractivity contribution < 1.29 is 23.5 Å². The molecule has 3 rings (SSSR count). The average molecular weight is 344 g/mol. The molecule has 7 nitrogen and oxygen atoms in total. The molecule has 0 aliphatic carbocycles. The second kappa shape index (κ2) is 7.74. The highest BCUT2D eigenvalue weighted by atomic mass is 16.6. The lowest BCUT2D eigenvalue weighted by molar-refractivity contribution is -0.130. The molecule has 1 aliphatic heterocycles. The lowest BCUT2D eigenvalue weighted by Crippen LogP contribution is -2.31. The zero-order valence-corrected chi connectivity index (χ0v) is 14.0. The van der Waals surface area contributed by atoms with Crippen LogP contribution < -0.4 is 14.8 Å². The number of nitrogens with one attached hydrogen (secondary N) is 1. The third-order valence-corrected chi connectivity index (χ3v) is 3.81. The average Bonchev–Trinajstić information content (AvgIpc) is 3.11. The van der Waals surface area contributed by atoms with Crippen molar-refractivity contribution in [2.75, 3.05) is 25.1 Å². The van der Waals surface area contributed by atoms with Gasteiger partial charge >= 0.3 is 0 Å². The molecule has 132 valence electrons. The van der Waals surface area contributed by atoms with Gasteiger partial charge in [-0.3, -0.25) is 9.59 Å². The summed E-state index contributed by atoms with van der Waals surface area (Å²) in [6.07, 6.45) is 1.75. The maximum Gasteiger partial charge on any atom is 0.226 e. The van der Waals surface area contributed by atoms with Crippen LogP contribution in [0.2, 0.25) is 0 Å². The van der Waals surface area contributed by atoms with Gasteiger partial charge in [0.1, 0.15) is 19.0 Å². The van der Waals surface area contributed by atoms with Crippen molar-refractivity contribution in [3.8, 4) is 11.5 Å². The highest BCUT2D eigenvalue weighted by molar-refractivity contribution is 5.91. The number of carbonyl (C=O) groups excluding carboxylic acids is 2. The number of anilines is 1. The normalized spacial score (nSPS) is 12.5. The van der Waals surface area contributed by atoms with E-state index < -0.39 is 0 Å². The molecule has 0 saturated carbocycles. The van der Waals surface area contributed by atoms with Gasteiger partial charge in [0.05, 0.1) is 12.8 Å². The fourth-order valence-corrected chi connectivity index (χ4v) is 2.52. The molecule has 0 bridgehead atoms. The van der Waals surface area contributed by atoms with E-state index in [1.54, 1.807) is 41.5 Å². The largest absolute Gasteiger partial charge is 0.486 e. The number of rotatable bonds is 6. The number of furan rings is 1. The lowest BCUT2D eigenvalue weighted by Gasteiger charge is -2.20. The SMILES string of the molecule is CC(=O)N(CCC(=O)Nc1ccc2c(c1)OCCO2)Cc1ccco1. The summed E-state index contributed by atoms with van der Waals surface area (Å²) in [6, 6.07) is 8.82. The van der Waals surface area contributed by atoms with Crippen LogP contribution in [0, 0.1) is 0 Å². The van der Waals surface area contributed by atoms with E-state index in [0.29, 0.717) is 49.2 Å². The summed E-state index contributed by atoms with van der Waals surface area (Å²) in [5, 5.41) is 2.81. The van der Waals surface area contributed by atoms with Crippen LogP contribution in [0.15, 0.2) is 41.0 Å². The van der Waals surface area contributed by atoms with Crippen LogP contribution in [0.3, 0.4) is 0 Å². The minimum absolute atomic E-state index is 0.108. The quantitative estimate of drug-likeness (QED) is 0.870. The summed E-state index contributed by atoms with van der Waals surface area (Å²) in [4.78, 5) is 25.5. The second-order valence-electron chi connectivity index (χ2n) is 5.68. The highest BCUT2D eigenvalue weighted by Crippen LogP contribution is 2.32. The minimum Gasteiger partial charge on any atom is -0.486 e. The Balaban J connectivity index is 1.53. The number of fused-ring (bicyclic) bond motifs is 1. The van der Waals surface area contributed by atoms with Gasteiger partial charge in [0.2, 0.25) is 11.8 Å². The first-order valence-corrected chi connectivity index (χ1v) is 8.09. The number of hydrogen-bond donors (Lipinski definition) is 1. The minimum atomic E-state index is -0.178. The van der Waals surface area contributed by atoms with Crippen LogP contribution in [-0.2, 0) is 16.1 Å². The molecule has 2 amide bonds. The molecule has 2 aromatic rings. The molecule has 0 spiro atoms. The van der Waals surface area contributed by atoms with Gasteiger partial charge in [-0.2, -0.15) is 0 Å². The van der Waals surface area contributed by atoms with Crippen molar-refractivity contribution in [2.45, 2.75) is 19.9 Å². The van der Waals surface area contributed by atoms with Crippen LogP contribution in [0.1, 0.15) is 19.1 Å². The molecule has 1 aliphatic rings. The Morgan fingerprint density at radius 2 is 1.96 bits per heavy atom. The number of benzene rings is 1. The summed E-state index contributed by atoms with van der Waals surface area (Å²) in [6.45, 7) is 3.15. The van der Waals surface area contributed by atoms with Crippen LogP contribution in [0.5, 0.6) is 11.5 Å². The Morgan fingerprint density at radius 1 is 1.16 bits per heavy atom. The zero-order valence-electron chi connectivity index (χ0n) is 14.0. The molecule has 7 heteroatoms. The number of hydrogen-bond acceptors (Lipinski definition) is 5. The van der Waals surface area contributed by atoms with Gasteiger partial charge in [-0.05, 0) is 24.3 Å². The van der Waals surface area contributed by atoms with E-state index >= 15 is 0 Å². The lowest BCUT2D eigenvalue weighted by atomic mass is 10.2. The first kappa shape index (κ1) is 16.9. The monoisotopic (exact) mass is 344 g/mol. The first-order valence-electron chi connectivity index (χ1n) is 8.09. The van der Waals surface area contributed by atoms with Gasteiger partial charge in [-0.1, -0.05) is 0 Å². The number of amides is 2. The smallest absolute Gasteiger partial charge is 0.226 e. The van der Waals surface area contributed by atoms with Gasteiger partial charge in [-0.25, -0.2) is 0 Å². The predicted octanol–water partition coefficient (Wildman–Crippen LogP) is 2.43. The zero-order chi connectivity index (χ0) is 17.6. The highest BCUT2D eigenvalue weighted by Gasteiger charge is 2.15. The molecule has 0 radical (unpaired) electrons. The van der Waals surface area contributed by atoms with E-state index in [4.69, 9.17) is 13.9 Å². The molecular weight excluding hydrogens is 324 g/mol. The van der Waals surface area contributed by atoms with Crippen LogP contribution in [0.25, 0.3) is 0 Å². The Hall–Kier alpha value is -2.96. The molecule has 1 N–H and O–H groups in total. The van der Waals surface area contributed by atoms with E-state index in [-0.39, 0.29) is 18.2 Å². The van der Waals surface area contributed by atoms with Crippen LogP contribution >= 0.6 is 0 Å². The molecule has 0 fully saturated rings. The number of carbonyl (C=O) groups is 2. The van der Waals surface area contributed by atoms with Gasteiger partial charge in [0.15, 0.2) is 11.5 Å². The standard InChI is InChI=1S/C18H20N2O5/c1-13(21)20(12-15-3-2-8-23-15)7-6-18(22)19-14-4-5-16-17(11-14)25-10-9-24-16/h2-5,8,11H,6-7,9-10,12H2,1H3,(H,19,22). The fourth-order valence-electron chi connectivity index (χ4n) is 2.52. The van der Waals surface area contributed by atoms with E-state index in [0.717, 1.165) is 0 Å². The topological polar surface area (TPSA) is 81.0 Å². The predicted molar refractivity (Wildman–Crippen MR) is 90.5 cm³/mol. The van der Waals surface area contributed by atoms with Gasteiger partial charge in [-0.15, -0.1) is 0 Å². The molecule has 0 saturated heterocycles. The van der Waals surface area contributed by atoms with Crippen LogP contribution in [-0.4, -0.2) is 36.5 Å². The maximum atomic E-state index is 12.2. The van der Waals surface area contributed by atoms with Crippen molar-refractivity contribution in [1.82, 2.24) is 4.90 Å². The van der Waals surface area contributed by atoms with Gasteiger partial charge < -0.3 is 24.1 Å². The maximum absolute atomic E-state index is 12.2. The summed E-state index contributed by atoms with van der Waals surface area (Å²) < 4.78 is 16.2. The Bertz CT molecular complexity index is 742. The fraction of sp³-hybridized carbons (Fsp3) is 0.333. The van der Waals surface area contributed by atoms with Crippen molar-refractivity contribution in [3.63, 3.8) is 0 Å². The Kier molecular flexibility index (Phi) is 5.23. The van der Waals surface area contributed by atoms with Crippen molar-refractivity contribution in [3.05, 3.63) is 42.4 Å². The second-order valence-corrected chi connectivity index (χ2v) is 5.68. The molecule has 0 atom stereocenters. The van der Waals surface area contributed by atoms with Crippen molar-refractivity contribution in [2.24, 2.45) is 0 Å². The first-order chi connectivity index (χ1) is 12.1. The number of nitrogens with zero attached hydrogens (tertiary/aromatic N) is 1. The molecule has 25 heavy (non-hydrogen) atoms. The van der Waals surface area contributed by atoms with E-state index in [1.165, 1.54) is 6.92 Å². The van der Waals surface area contributed by atoms with E-state index in [1.807, 2.05) is 0 Å². The summed E-state index contributed by atoms with van der Waals surface area (Å²) in [5.74, 6) is 1.69. The van der Waals surface area contributed by atoms with Crippen LogP contribution in [0.4, 0.5) is 5.69 Å². The molecule has 1 aromatic carbocycles. The third kappa shape index (κ3) is 4.53. The molecule has 1 aromatic heterocycles. The molecular formula is C18H20N2O5. The van der Waals surface area contributed by atoms with E-state index in [9.17, 15) is 9.59 Å². The number of ether oxygens (including phenoxy) is 2. The third-order valence-electron chi connectivity index (χ3n) is 3.81. The van der Waals surface area contributed by atoms with Gasteiger partial charge in [0.25, 0.3) is 0 Å². The van der Waals surface area contributed by atoms with E-state index in [2.05, 4.69) is 5.32 Å². The molecule has 2 heterocycles. The van der Waals surface area contributed by atoms with Gasteiger partial charge in [0, 0.05) is 31.6 Å². The summed E-state index contributed by atoms with van der Waals surface area (Å²) >= 11 is 0. The Labute approximate surface area is 145 Å². The Morgan fingerprint density at radius 3 is 2.68 bits per heavy atom. The van der Waals surface area contributed by atoms with Crippen molar-refractivity contribution in [1.29, 1.82) is 0 Å². The summed E-state index contributed by atoms with van der Waals surface area (Å²) in [7, 11) is 0.